The lowest BCUT2D eigenvalue weighted by molar-refractivity contribution is 0.271. The van der Waals surface area contributed by atoms with Crippen LogP contribution in [0.5, 0.6) is 5.75 Å². The summed E-state index contributed by atoms with van der Waals surface area (Å²) < 4.78 is 5.55. The van der Waals surface area contributed by atoms with Crippen molar-refractivity contribution >= 4 is 23.1 Å². The zero-order valence-corrected chi connectivity index (χ0v) is 10.4. The molecule has 2 N–H and O–H groups in total. The van der Waals surface area contributed by atoms with Crippen LogP contribution in [0.3, 0.4) is 0 Å². The number of amidine groups is 1. The largest absolute Gasteiger partial charge is 0.493 e. The van der Waals surface area contributed by atoms with Crippen molar-refractivity contribution in [3.63, 3.8) is 0 Å². The molecule has 0 aliphatic heterocycles. The summed E-state index contributed by atoms with van der Waals surface area (Å²) in [6.07, 6.45) is 0. The fraction of sp³-hybridized carbons (Fsp3) is 0.417. The van der Waals surface area contributed by atoms with Gasteiger partial charge in [-0.1, -0.05) is 13.8 Å². The van der Waals surface area contributed by atoms with Crippen molar-refractivity contribution in [1.29, 1.82) is 0 Å². The molecule has 1 aromatic carbocycles. The minimum absolute atomic E-state index is 0.242. The maximum absolute atomic E-state index is 5.55. The molecule has 0 unspecified atom stereocenters. The van der Waals surface area contributed by atoms with Gasteiger partial charge in [-0.05, 0) is 30.2 Å². The molecule has 1 aromatic rings. The van der Waals surface area contributed by atoms with E-state index >= 15 is 0 Å². The van der Waals surface area contributed by atoms with Crippen molar-refractivity contribution in [2.75, 3.05) is 12.5 Å². The number of hydrogen-bond acceptors (Lipinski definition) is 2. The lowest BCUT2D eigenvalue weighted by atomic mass is 10.2. The van der Waals surface area contributed by atoms with Gasteiger partial charge in [-0.2, -0.15) is 0 Å². The first-order valence-corrected chi connectivity index (χ1v) is 5.77. The van der Waals surface area contributed by atoms with Gasteiger partial charge in [0.15, 0.2) is 0 Å². The maximum Gasteiger partial charge on any atom is 0.119 e. The van der Waals surface area contributed by atoms with Crippen LogP contribution in [0, 0.1) is 5.92 Å². The van der Waals surface area contributed by atoms with Gasteiger partial charge in [0, 0.05) is 0 Å². The third-order valence-corrected chi connectivity index (χ3v) is 2.10. The molecule has 0 radical (unpaired) electrons. The van der Waals surface area contributed by atoms with Crippen molar-refractivity contribution in [3.05, 3.63) is 24.3 Å². The lowest BCUT2D eigenvalue weighted by Gasteiger charge is -2.08. The van der Waals surface area contributed by atoms with Crippen LogP contribution in [0.15, 0.2) is 29.3 Å². The van der Waals surface area contributed by atoms with Gasteiger partial charge >= 0.3 is 0 Å². The minimum atomic E-state index is 0.242. The molecule has 0 saturated carbocycles. The second kappa shape index (κ2) is 6.38. The molecular formula is C12H17ClN2O. The molecule has 0 atom stereocenters. The molecule has 0 aromatic heterocycles. The normalized spacial score (nSPS) is 11.9. The predicted molar refractivity (Wildman–Crippen MR) is 68.8 cm³/mol. The van der Waals surface area contributed by atoms with Gasteiger partial charge in [-0.15, -0.1) is 11.6 Å². The Hall–Kier alpha value is -1.22. The van der Waals surface area contributed by atoms with Gasteiger partial charge in [0.2, 0.25) is 0 Å². The van der Waals surface area contributed by atoms with Crippen LogP contribution >= 0.6 is 11.6 Å². The third kappa shape index (κ3) is 4.53. The van der Waals surface area contributed by atoms with Crippen LogP contribution in [0.1, 0.15) is 13.8 Å². The molecular weight excluding hydrogens is 224 g/mol. The fourth-order valence-corrected chi connectivity index (χ4v) is 1.14. The van der Waals surface area contributed by atoms with Gasteiger partial charge < -0.3 is 10.5 Å². The average Bonchev–Trinajstić information content (AvgIpc) is 2.28. The minimum Gasteiger partial charge on any atom is -0.493 e. The Morgan fingerprint density at radius 1 is 1.38 bits per heavy atom. The summed E-state index contributed by atoms with van der Waals surface area (Å²) in [6.45, 7) is 4.94. The molecule has 0 saturated heterocycles. The van der Waals surface area contributed by atoms with Crippen molar-refractivity contribution in [1.82, 2.24) is 0 Å². The second-order valence-corrected chi connectivity index (χ2v) is 4.20. The quantitative estimate of drug-likeness (QED) is 0.489. The Balaban J connectivity index is 2.61. The average molecular weight is 241 g/mol. The number of rotatable bonds is 5. The molecule has 3 nitrogen and oxygen atoms in total. The van der Waals surface area contributed by atoms with Crippen molar-refractivity contribution in [2.24, 2.45) is 16.6 Å². The van der Waals surface area contributed by atoms with E-state index in [1.165, 1.54) is 0 Å². The van der Waals surface area contributed by atoms with Gasteiger partial charge in [-0.25, -0.2) is 4.99 Å². The van der Waals surface area contributed by atoms with Crippen LogP contribution in [-0.2, 0) is 0 Å². The number of hydrogen-bond donors (Lipinski definition) is 1. The Kier molecular flexibility index (Phi) is 5.12. The van der Waals surface area contributed by atoms with E-state index in [0.717, 1.165) is 11.4 Å². The van der Waals surface area contributed by atoms with E-state index in [1.807, 2.05) is 24.3 Å². The molecule has 1 rings (SSSR count). The zero-order valence-electron chi connectivity index (χ0n) is 9.61. The van der Waals surface area contributed by atoms with Gasteiger partial charge in [0.1, 0.15) is 11.6 Å². The third-order valence-electron chi connectivity index (χ3n) is 1.83. The lowest BCUT2D eigenvalue weighted by Crippen LogP contribution is -2.12. The summed E-state index contributed by atoms with van der Waals surface area (Å²) in [5.74, 6) is 2.02. The van der Waals surface area contributed by atoms with Crippen LogP contribution in [-0.4, -0.2) is 18.3 Å². The Bertz CT molecular complexity index is 347. The van der Waals surface area contributed by atoms with E-state index in [-0.39, 0.29) is 5.88 Å². The topological polar surface area (TPSA) is 47.6 Å². The van der Waals surface area contributed by atoms with Crippen molar-refractivity contribution in [2.45, 2.75) is 13.8 Å². The van der Waals surface area contributed by atoms with Gasteiger partial charge in [0.05, 0.1) is 18.2 Å². The SMILES string of the molecule is CC(C)COc1ccc(N=C(N)CCl)cc1. The summed E-state index contributed by atoms with van der Waals surface area (Å²) >= 11 is 5.54. The van der Waals surface area contributed by atoms with Crippen LogP contribution in [0.25, 0.3) is 0 Å². The highest BCUT2D eigenvalue weighted by Gasteiger charge is 1.97. The highest BCUT2D eigenvalue weighted by atomic mass is 35.5. The number of nitrogens with two attached hydrogens (primary N) is 1. The monoisotopic (exact) mass is 240 g/mol. The van der Waals surface area contributed by atoms with Crippen molar-refractivity contribution < 1.29 is 4.74 Å². The fourth-order valence-electron chi connectivity index (χ4n) is 1.08. The zero-order chi connectivity index (χ0) is 12.0. The second-order valence-electron chi connectivity index (χ2n) is 3.94. The Morgan fingerprint density at radius 2 is 2.00 bits per heavy atom. The number of alkyl halides is 1. The summed E-state index contributed by atoms with van der Waals surface area (Å²) in [5.41, 5.74) is 6.32. The molecule has 88 valence electrons. The first kappa shape index (κ1) is 12.8. The van der Waals surface area contributed by atoms with Crippen LogP contribution in [0.4, 0.5) is 5.69 Å². The van der Waals surface area contributed by atoms with Gasteiger partial charge in [-0.3, -0.25) is 0 Å². The molecule has 0 heterocycles. The number of benzene rings is 1. The summed E-state index contributed by atoms with van der Waals surface area (Å²) in [5, 5.41) is 0. The standard InChI is InChI=1S/C12H17ClN2O/c1-9(2)8-16-11-5-3-10(4-6-11)15-12(14)7-13/h3-6,9H,7-8H2,1-2H3,(H2,14,15). The van der Waals surface area contributed by atoms with Crippen LogP contribution in [0.2, 0.25) is 0 Å². The number of ether oxygens (including phenoxy) is 1. The van der Waals surface area contributed by atoms with Gasteiger partial charge in [0.25, 0.3) is 0 Å². The molecule has 4 heteroatoms. The predicted octanol–water partition coefficient (Wildman–Crippen LogP) is 2.95. The Labute approximate surface area is 101 Å². The Morgan fingerprint density at radius 3 is 2.50 bits per heavy atom. The maximum atomic E-state index is 5.55. The van der Waals surface area contributed by atoms with E-state index in [2.05, 4.69) is 18.8 Å². The summed E-state index contributed by atoms with van der Waals surface area (Å²) in [6, 6.07) is 7.47. The summed E-state index contributed by atoms with van der Waals surface area (Å²) in [4.78, 5) is 4.12. The summed E-state index contributed by atoms with van der Waals surface area (Å²) in [7, 11) is 0. The van der Waals surface area contributed by atoms with E-state index in [1.54, 1.807) is 0 Å². The van der Waals surface area contributed by atoms with E-state index in [4.69, 9.17) is 22.1 Å². The van der Waals surface area contributed by atoms with E-state index in [0.29, 0.717) is 18.4 Å². The van der Waals surface area contributed by atoms with E-state index in [9.17, 15) is 0 Å². The molecule has 0 bridgehead atoms. The first-order chi connectivity index (χ1) is 7.61. The number of halogens is 1. The van der Waals surface area contributed by atoms with Crippen LogP contribution < -0.4 is 10.5 Å². The molecule has 0 spiro atoms. The highest BCUT2D eigenvalue weighted by molar-refractivity contribution is 6.28. The number of aliphatic imine (C=N–C) groups is 1. The number of nitrogens with zero attached hydrogens (tertiary/aromatic N) is 1. The first-order valence-electron chi connectivity index (χ1n) is 5.23. The molecule has 0 aliphatic rings. The highest BCUT2D eigenvalue weighted by Crippen LogP contribution is 2.18. The van der Waals surface area contributed by atoms with Crippen molar-refractivity contribution in [3.8, 4) is 5.75 Å². The molecule has 0 amide bonds. The smallest absolute Gasteiger partial charge is 0.119 e. The molecule has 0 fully saturated rings. The van der Waals surface area contributed by atoms with E-state index < -0.39 is 0 Å². The molecule has 16 heavy (non-hydrogen) atoms. The molecule has 0 aliphatic carbocycles.